The molecule has 3 aliphatic carbocycles. The van der Waals surface area contributed by atoms with Gasteiger partial charge in [0.15, 0.2) is 28.7 Å². The molecule has 0 bridgehead atoms. The molecule has 0 aliphatic heterocycles. The van der Waals surface area contributed by atoms with Crippen molar-refractivity contribution in [3.05, 3.63) is 28.3 Å². The highest BCUT2D eigenvalue weighted by molar-refractivity contribution is 6.32. The second-order valence-electron chi connectivity index (χ2n) is 16.4. The molecule has 3 aliphatic rings. The SMILES string of the molecule is CCCCCC(CCCCC)Cc1cc(C(C)C)c2c(c1O)C(=O)C1C(=O)[C@@]3(O)C(=O)C(C(C)=O)C(=O)C(C(C)C)[C@@]3(C)C[C@@]1(C)C2. The van der Waals surface area contributed by atoms with Crippen molar-refractivity contribution < 1.29 is 34.2 Å². The molecule has 7 heteroatoms. The first kappa shape index (κ1) is 37.2. The molecule has 4 rings (SSSR count). The van der Waals surface area contributed by atoms with Gasteiger partial charge in [-0.3, -0.25) is 24.0 Å². The summed E-state index contributed by atoms with van der Waals surface area (Å²) in [5.74, 6) is -8.02. The lowest BCUT2D eigenvalue weighted by molar-refractivity contribution is -0.205. The third-order valence-electron chi connectivity index (χ3n) is 12.1. The number of aromatic hydroxyl groups is 1. The number of phenolic OH excluding ortho intramolecular Hbond substituents is 1. The van der Waals surface area contributed by atoms with Crippen LogP contribution >= 0.6 is 0 Å². The summed E-state index contributed by atoms with van der Waals surface area (Å²) in [7, 11) is 0. The molecular weight excluding hydrogens is 592 g/mol. The lowest BCUT2D eigenvalue weighted by Crippen LogP contribution is -2.76. The van der Waals surface area contributed by atoms with Crippen molar-refractivity contribution in [1.29, 1.82) is 0 Å². The van der Waals surface area contributed by atoms with Crippen LogP contribution in [-0.2, 0) is 32.0 Å². The Hall–Kier alpha value is -2.67. The predicted molar refractivity (Wildman–Crippen MR) is 182 cm³/mol. The molecule has 2 N–H and O–H groups in total. The second-order valence-corrected chi connectivity index (χ2v) is 16.4. The van der Waals surface area contributed by atoms with Crippen LogP contribution in [0.25, 0.3) is 0 Å². The van der Waals surface area contributed by atoms with E-state index in [2.05, 4.69) is 33.8 Å². The predicted octanol–water partition coefficient (Wildman–Crippen LogP) is 7.54. The summed E-state index contributed by atoms with van der Waals surface area (Å²) >= 11 is 0. The van der Waals surface area contributed by atoms with E-state index in [1.807, 2.05) is 6.92 Å². The number of aliphatic hydroxyl groups is 1. The van der Waals surface area contributed by atoms with Crippen LogP contribution in [0.3, 0.4) is 0 Å². The molecule has 0 saturated heterocycles. The van der Waals surface area contributed by atoms with Gasteiger partial charge < -0.3 is 10.2 Å². The normalized spacial score (nSPS) is 30.6. The Morgan fingerprint density at radius 1 is 0.936 bits per heavy atom. The number of phenols is 1. The number of rotatable bonds is 13. The van der Waals surface area contributed by atoms with E-state index in [-0.39, 0.29) is 36.0 Å². The Morgan fingerprint density at radius 2 is 1.51 bits per heavy atom. The van der Waals surface area contributed by atoms with E-state index in [0.29, 0.717) is 17.9 Å². The number of hydrogen-bond donors (Lipinski definition) is 2. The van der Waals surface area contributed by atoms with Gasteiger partial charge in [0.25, 0.3) is 0 Å². The molecule has 0 radical (unpaired) electrons. The van der Waals surface area contributed by atoms with Crippen LogP contribution in [0, 0.1) is 40.4 Å². The van der Waals surface area contributed by atoms with Gasteiger partial charge in [-0.05, 0) is 66.0 Å². The first-order valence-electron chi connectivity index (χ1n) is 18.2. The quantitative estimate of drug-likeness (QED) is 0.167. The van der Waals surface area contributed by atoms with Gasteiger partial charge in [-0.2, -0.15) is 0 Å². The fourth-order valence-electron chi connectivity index (χ4n) is 9.99. The Labute approximate surface area is 281 Å². The van der Waals surface area contributed by atoms with Crippen molar-refractivity contribution in [2.75, 3.05) is 0 Å². The van der Waals surface area contributed by atoms with Crippen molar-refractivity contribution in [3.63, 3.8) is 0 Å². The average molecular weight is 651 g/mol. The van der Waals surface area contributed by atoms with E-state index in [1.54, 1.807) is 20.8 Å². The monoisotopic (exact) mass is 650 g/mol. The van der Waals surface area contributed by atoms with Gasteiger partial charge in [0.05, 0.1) is 11.5 Å². The van der Waals surface area contributed by atoms with Gasteiger partial charge in [-0.1, -0.05) is 113 Å². The molecule has 0 spiro atoms. The third kappa shape index (κ3) is 5.97. The topological polar surface area (TPSA) is 126 Å². The average Bonchev–Trinajstić information content (AvgIpc) is 2.95. The van der Waals surface area contributed by atoms with Crippen molar-refractivity contribution in [1.82, 2.24) is 0 Å². The largest absolute Gasteiger partial charge is 0.507 e. The molecule has 47 heavy (non-hydrogen) atoms. The minimum Gasteiger partial charge on any atom is -0.507 e. The van der Waals surface area contributed by atoms with Crippen LogP contribution in [0.1, 0.15) is 153 Å². The Kier molecular flexibility index (Phi) is 10.8. The standard InChI is InChI=1S/C40H58O7/c1-10-12-14-16-25(17-15-13-11-2)18-26-19-27(22(3)4)28-20-38(8)21-39(9)31(23(5)6)34(43)29(24(7)41)36(45)40(39,47)37(46)32(38)35(44)30(28)33(26)42/h19,22-23,25,29,31-32,42,47H,10-18,20-21H2,1-9H3/t29?,31?,32?,38-,39-,40+/m1/s1. The fourth-order valence-corrected chi connectivity index (χ4v) is 9.99. The number of fused-ring (bicyclic) bond motifs is 3. The number of ketones is 5. The maximum Gasteiger partial charge on any atom is 0.190 e. The highest BCUT2D eigenvalue weighted by atomic mass is 16.3. The van der Waals surface area contributed by atoms with Crippen LogP contribution in [0.5, 0.6) is 5.75 Å². The number of hydrogen-bond acceptors (Lipinski definition) is 7. The van der Waals surface area contributed by atoms with E-state index < -0.39 is 63.1 Å². The lowest BCUT2D eigenvalue weighted by Gasteiger charge is -2.62. The zero-order chi connectivity index (χ0) is 35.2. The number of unbranched alkanes of at least 4 members (excludes halogenated alkanes) is 4. The summed E-state index contributed by atoms with van der Waals surface area (Å²) in [6.07, 6.45) is 9.83. The van der Waals surface area contributed by atoms with Gasteiger partial charge in [0.2, 0.25) is 0 Å². The maximum atomic E-state index is 14.7. The molecule has 0 amide bonds. The molecule has 2 fully saturated rings. The molecule has 0 heterocycles. The molecule has 0 aromatic heterocycles. The summed E-state index contributed by atoms with van der Waals surface area (Å²) in [6.45, 7) is 16.7. The summed E-state index contributed by atoms with van der Waals surface area (Å²) in [5, 5.41) is 24.2. The van der Waals surface area contributed by atoms with Crippen molar-refractivity contribution in [3.8, 4) is 5.75 Å². The molecule has 6 atom stereocenters. The molecule has 2 saturated carbocycles. The van der Waals surface area contributed by atoms with E-state index >= 15 is 0 Å². The number of carbonyl (C=O) groups excluding carboxylic acids is 5. The Morgan fingerprint density at radius 3 is 2.00 bits per heavy atom. The van der Waals surface area contributed by atoms with Gasteiger partial charge >= 0.3 is 0 Å². The zero-order valence-electron chi connectivity index (χ0n) is 30.3. The first-order chi connectivity index (χ1) is 21.9. The minimum absolute atomic E-state index is 0.0408. The molecule has 7 nitrogen and oxygen atoms in total. The summed E-state index contributed by atoms with van der Waals surface area (Å²) in [6, 6.07) is 2.06. The molecule has 260 valence electrons. The van der Waals surface area contributed by atoms with Crippen LogP contribution in [0.4, 0.5) is 0 Å². The first-order valence-corrected chi connectivity index (χ1v) is 18.2. The van der Waals surface area contributed by atoms with E-state index in [0.717, 1.165) is 69.4 Å². The summed E-state index contributed by atoms with van der Waals surface area (Å²) in [4.78, 5) is 69.8. The van der Waals surface area contributed by atoms with Crippen LogP contribution < -0.4 is 0 Å². The molecular formula is C40H58O7. The van der Waals surface area contributed by atoms with Crippen molar-refractivity contribution >= 4 is 28.9 Å². The fraction of sp³-hybridized carbons (Fsp3) is 0.725. The highest BCUT2D eigenvalue weighted by Crippen LogP contribution is 2.64. The molecule has 1 aromatic carbocycles. The van der Waals surface area contributed by atoms with Crippen LogP contribution in [0.15, 0.2) is 6.07 Å². The van der Waals surface area contributed by atoms with E-state index in [4.69, 9.17) is 0 Å². The van der Waals surface area contributed by atoms with Gasteiger partial charge in [0, 0.05) is 11.3 Å². The van der Waals surface area contributed by atoms with Gasteiger partial charge in [0.1, 0.15) is 17.5 Å². The molecule has 3 unspecified atom stereocenters. The van der Waals surface area contributed by atoms with Gasteiger partial charge in [-0.25, -0.2) is 0 Å². The maximum absolute atomic E-state index is 14.7. The van der Waals surface area contributed by atoms with Crippen LogP contribution in [0.2, 0.25) is 0 Å². The smallest absolute Gasteiger partial charge is 0.190 e. The summed E-state index contributed by atoms with van der Waals surface area (Å²) in [5.41, 5.74) is -2.67. The number of carbonyl (C=O) groups is 5. The molecule has 1 aromatic rings. The van der Waals surface area contributed by atoms with Gasteiger partial charge in [-0.15, -0.1) is 0 Å². The minimum atomic E-state index is -2.68. The Bertz CT molecular complexity index is 1430. The highest BCUT2D eigenvalue weighted by Gasteiger charge is 2.76. The number of Topliss-reactive ketones (excluding diaryl/α,β-unsaturated/α-hetero) is 5. The summed E-state index contributed by atoms with van der Waals surface area (Å²) < 4.78 is 0. The number of benzene rings is 1. The van der Waals surface area contributed by atoms with E-state index in [9.17, 15) is 34.2 Å². The second kappa shape index (κ2) is 13.7. The van der Waals surface area contributed by atoms with Crippen molar-refractivity contribution in [2.24, 2.45) is 40.4 Å². The lowest BCUT2D eigenvalue weighted by atomic mass is 9.39. The van der Waals surface area contributed by atoms with E-state index in [1.165, 1.54) is 0 Å². The third-order valence-corrected chi connectivity index (χ3v) is 12.1. The Balaban J connectivity index is 1.87. The van der Waals surface area contributed by atoms with Crippen molar-refractivity contribution in [2.45, 2.75) is 144 Å². The van der Waals surface area contributed by atoms with Crippen LogP contribution in [-0.4, -0.2) is 44.7 Å². The zero-order valence-corrected chi connectivity index (χ0v) is 30.3.